The van der Waals surface area contributed by atoms with E-state index in [2.05, 4.69) is 57.3 Å². The topological polar surface area (TPSA) is 21.3 Å². The van der Waals surface area contributed by atoms with Crippen molar-refractivity contribution in [3.63, 3.8) is 0 Å². The summed E-state index contributed by atoms with van der Waals surface area (Å²) in [4.78, 5) is 0. The molecule has 2 nitrogen and oxygen atoms in total. The number of ether oxygens (including phenoxy) is 1. The molecule has 1 aliphatic rings. The number of hydrogen-bond acceptors (Lipinski definition) is 2. The van der Waals surface area contributed by atoms with Crippen LogP contribution in [0.2, 0.25) is 0 Å². The maximum absolute atomic E-state index is 5.63. The molecule has 0 bridgehead atoms. The van der Waals surface area contributed by atoms with Gasteiger partial charge in [0.25, 0.3) is 0 Å². The predicted molar refractivity (Wildman–Crippen MR) is 85.2 cm³/mol. The Bertz CT molecular complexity index is 410. The zero-order chi connectivity index (χ0) is 14.6. The van der Waals surface area contributed by atoms with Crippen LogP contribution >= 0.6 is 0 Å². The van der Waals surface area contributed by atoms with Crippen LogP contribution in [0.4, 0.5) is 0 Å². The third-order valence-electron chi connectivity index (χ3n) is 4.31. The van der Waals surface area contributed by atoms with Crippen LogP contribution in [0, 0.1) is 5.41 Å². The van der Waals surface area contributed by atoms with E-state index in [0.717, 1.165) is 18.8 Å². The predicted octanol–water partition coefficient (Wildman–Crippen LogP) is 4.70. The van der Waals surface area contributed by atoms with E-state index in [1.807, 2.05) is 0 Å². The molecule has 1 N–H and O–H groups in total. The Morgan fingerprint density at radius 3 is 2.55 bits per heavy atom. The average Bonchev–Trinajstić information content (AvgIpc) is 2.76. The highest BCUT2D eigenvalue weighted by atomic mass is 16.5. The maximum Gasteiger partial charge on any atom is 0.119 e. The third kappa shape index (κ3) is 4.24. The molecule has 2 rings (SSSR count). The molecule has 0 aromatic heterocycles. The zero-order valence-electron chi connectivity index (χ0n) is 13.4. The molecule has 0 heterocycles. The van der Waals surface area contributed by atoms with Crippen LogP contribution < -0.4 is 10.1 Å². The average molecular weight is 275 g/mol. The second-order valence-electron chi connectivity index (χ2n) is 6.91. The fraction of sp³-hybridized carbons (Fsp3) is 0.667. The lowest BCUT2D eigenvalue weighted by molar-refractivity contribution is 0.317. The van der Waals surface area contributed by atoms with E-state index in [0.29, 0.717) is 17.5 Å². The lowest BCUT2D eigenvalue weighted by atomic mass is 9.91. The molecular weight excluding hydrogens is 246 g/mol. The van der Waals surface area contributed by atoms with E-state index >= 15 is 0 Å². The Morgan fingerprint density at radius 1 is 1.30 bits per heavy atom. The van der Waals surface area contributed by atoms with Crippen molar-refractivity contribution in [3.05, 3.63) is 29.8 Å². The minimum Gasteiger partial charge on any atom is -0.494 e. The molecule has 112 valence electrons. The van der Waals surface area contributed by atoms with Crippen LogP contribution in [0.3, 0.4) is 0 Å². The highest BCUT2D eigenvalue weighted by Crippen LogP contribution is 2.37. The van der Waals surface area contributed by atoms with E-state index in [1.54, 1.807) is 0 Å². The minimum absolute atomic E-state index is 0.411. The molecule has 0 amide bonds. The fourth-order valence-corrected chi connectivity index (χ4v) is 3.10. The summed E-state index contributed by atoms with van der Waals surface area (Å²) >= 11 is 0. The van der Waals surface area contributed by atoms with Gasteiger partial charge in [0, 0.05) is 12.1 Å². The number of hydrogen-bond donors (Lipinski definition) is 1. The van der Waals surface area contributed by atoms with Crippen LogP contribution in [0.15, 0.2) is 24.3 Å². The van der Waals surface area contributed by atoms with E-state index in [4.69, 9.17) is 4.74 Å². The minimum atomic E-state index is 0.411. The highest BCUT2D eigenvalue weighted by molar-refractivity contribution is 5.29. The van der Waals surface area contributed by atoms with Gasteiger partial charge < -0.3 is 10.1 Å². The molecule has 2 atom stereocenters. The smallest absolute Gasteiger partial charge is 0.119 e. The van der Waals surface area contributed by atoms with Gasteiger partial charge >= 0.3 is 0 Å². The van der Waals surface area contributed by atoms with Gasteiger partial charge in [0.2, 0.25) is 0 Å². The van der Waals surface area contributed by atoms with Gasteiger partial charge in [-0.2, -0.15) is 0 Å². The summed E-state index contributed by atoms with van der Waals surface area (Å²) in [5.41, 5.74) is 1.86. The monoisotopic (exact) mass is 275 g/mol. The van der Waals surface area contributed by atoms with E-state index in [-0.39, 0.29) is 0 Å². The van der Waals surface area contributed by atoms with Crippen molar-refractivity contribution in [2.24, 2.45) is 5.41 Å². The normalized spacial score (nSPS) is 22.7. The van der Waals surface area contributed by atoms with Gasteiger partial charge in [-0.1, -0.05) is 32.9 Å². The molecule has 0 saturated heterocycles. The van der Waals surface area contributed by atoms with Crippen molar-refractivity contribution in [2.75, 3.05) is 6.61 Å². The standard InChI is InChI=1S/C18H29NO/c1-5-12-20-17-8-6-15(7-9-17)14(2)19-16-10-11-18(3,4)13-16/h6-9,14,16,19H,5,10-13H2,1-4H3. The zero-order valence-corrected chi connectivity index (χ0v) is 13.4. The van der Waals surface area contributed by atoms with Crippen molar-refractivity contribution >= 4 is 0 Å². The van der Waals surface area contributed by atoms with Gasteiger partial charge in [-0.25, -0.2) is 0 Å². The Hall–Kier alpha value is -1.02. The van der Waals surface area contributed by atoms with Crippen molar-refractivity contribution < 1.29 is 4.74 Å². The molecule has 1 saturated carbocycles. The van der Waals surface area contributed by atoms with Gasteiger partial charge in [-0.05, 0) is 55.7 Å². The summed E-state index contributed by atoms with van der Waals surface area (Å²) < 4.78 is 5.63. The molecule has 2 unspecified atom stereocenters. The van der Waals surface area contributed by atoms with E-state index < -0.39 is 0 Å². The molecule has 1 aromatic carbocycles. The van der Waals surface area contributed by atoms with Crippen LogP contribution in [0.5, 0.6) is 5.75 Å². The van der Waals surface area contributed by atoms with Crippen molar-refractivity contribution in [1.82, 2.24) is 5.32 Å². The molecule has 0 radical (unpaired) electrons. The summed E-state index contributed by atoms with van der Waals surface area (Å²) in [5.74, 6) is 0.977. The molecule has 0 spiro atoms. The summed E-state index contributed by atoms with van der Waals surface area (Å²) in [6.07, 6.45) is 4.97. The Morgan fingerprint density at radius 2 is 2.00 bits per heavy atom. The highest BCUT2D eigenvalue weighted by Gasteiger charge is 2.31. The summed E-state index contributed by atoms with van der Waals surface area (Å²) in [7, 11) is 0. The SMILES string of the molecule is CCCOc1ccc(C(C)NC2CCC(C)(C)C2)cc1. The van der Waals surface area contributed by atoms with E-state index in [1.165, 1.54) is 24.8 Å². The van der Waals surface area contributed by atoms with Gasteiger partial charge in [-0.15, -0.1) is 0 Å². The van der Waals surface area contributed by atoms with Crippen molar-refractivity contribution in [2.45, 2.75) is 65.5 Å². The summed E-state index contributed by atoms with van der Waals surface area (Å²) in [6, 6.07) is 9.61. The number of rotatable bonds is 6. The second kappa shape index (κ2) is 6.62. The summed E-state index contributed by atoms with van der Waals surface area (Å²) in [5, 5.41) is 3.77. The Labute approximate surface area is 123 Å². The molecule has 0 aliphatic heterocycles. The fourth-order valence-electron chi connectivity index (χ4n) is 3.10. The first-order chi connectivity index (χ1) is 9.50. The quantitative estimate of drug-likeness (QED) is 0.812. The first-order valence-corrected chi connectivity index (χ1v) is 7.99. The molecule has 1 aromatic rings. The van der Waals surface area contributed by atoms with Crippen LogP contribution in [-0.4, -0.2) is 12.6 Å². The number of benzene rings is 1. The second-order valence-corrected chi connectivity index (χ2v) is 6.91. The third-order valence-corrected chi connectivity index (χ3v) is 4.31. The van der Waals surface area contributed by atoms with E-state index in [9.17, 15) is 0 Å². The van der Waals surface area contributed by atoms with Crippen molar-refractivity contribution in [1.29, 1.82) is 0 Å². The molecule has 1 fully saturated rings. The first kappa shape index (κ1) is 15.4. The van der Waals surface area contributed by atoms with Gasteiger partial charge in [0.05, 0.1) is 6.61 Å². The molecule has 2 heteroatoms. The van der Waals surface area contributed by atoms with Gasteiger partial charge in [0.1, 0.15) is 5.75 Å². The maximum atomic E-state index is 5.63. The Balaban J connectivity index is 1.87. The van der Waals surface area contributed by atoms with Gasteiger partial charge in [-0.3, -0.25) is 0 Å². The summed E-state index contributed by atoms with van der Waals surface area (Å²) in [6.45, 7) is 9.93. The molecule has 1 aliphatic carbocycles. The lowest BCUT2D eigenvalue weighted by Gasteiger charge is -2.22. The van der Waals surface area contributed by atoms with Crippen molar-refractivity contribution in [3.8, 4) is 5.75 Å². The first-order valence-electron chi connectivity index (χ1n) is 7.99. The van der Waals surface area contributed by atoms with Crippen LogP contribution in [0.25, 0.3) is 0 Å². The molecule has 20 heavy (non-hydrogen) atoms. The van der Waals surface area contributed by atoms with Crippen LogP contribution in [-0.2, 0) is 0 Å². The van der Waals surface area contributed by atoms with Gasteiger partial charge in [0.15, 0.2) is 0 Å². The Kier molecular flexibility index (Phi) is 5.09. The van der Waals surface area contributed by atoms with Crippen LogP contribution in [0.1, 0.15) is 65.0 Å². The molecular formula is C18H29NO. The largest absolute Gasteiger partial charge is 0.494 e. The lowest BCUT2D eigenvalue weighted by Crippen LogP contribution is -2.30. The number of nitrogens with one attached hydrogen (secondary N) is 1.